The van der Waals surface area contributed by atoms with E-state index in [0.29, 0.717) is 45.6 Å². The van der Waals surface area contributed by atoms with Gasteiger partial charge in [0.1, 0.15) is 5.82 Å². The molecule has 8 heteroatoms. The third-order valence-corrected chi connectivity index (χ3v) is 8.13. The number of benzene rings is 2. The largest absolute Gasteiger partial charge is 0.379 e. The lowest BCUT2D eigenvalue weighted by molar-refractivity contribution is -0.131. The molecule has 2 saturated heterocycles. The van der Waals surface area contributed by atoms with Crippen LogP contribution in [-0.4, -0.2) is 62.4 Å². The molecule has 0 bridgehead atoms. The monoisotopic (exact) mass is 460 g/mol. The van der Waals surface area contributed by atoms with Crippen LogP contribution in [0.1, 0.15) is 30.4 Å². The predicted octanol–water partition coefficient (Wildman–Crippen LogP) is 3.01. The molecule has 0 N–H and O–H groups in total. The highest BCUT2D eigenvalue weighted by molar-refractivity contribution is 7.89. The molecule has 2 aliphatic rings. The fraction of sp³-hybridized carbons (Fsp3) is 0.458. The number of nitrogens with zero attached hydrogens (tertiary/aromatic N) is 2. The molecule has 0 radical (unpaired) electrons. The Labute approximate surface area is 189 Å². The van der Waals surface area contributed by atoms with Gasteiger partial charge in [-0.3, -0.25) is 4.79 Å². The van der Waals surface area contributed by atoms with E-state index >= 15 is 0 Å². The van der Waals surface area contributed by atoms with E-state index in [4.69, 9.17) is 4.74 Å². The Bertz CT molecular complexity index is 1040. The first-order valence-corrected chi connectivity index (χ1v) is 12.6. The van der Waals surface area contributed by atoms with Crippen molar-refractivity contribution < 1.29 is 22.3 Å². The van der Waals surface area contributed by atoms with Crippen LogP contribution in [0.4, 0.5) is 4.39 Å². The Morgan fingerprint density at radius 1 is 1.03 bits per heavy atom. The van der Waals surface area contributed by atoms with Gasteiger partial charge in [0.05, 0.1) is 18.1 Å². The molecule has 4 rings (SSSR count). The molecule has 172 valence electrons. The van der Waals surface area contributed by atoms with Crippen LogP contribution < -0.4 is 0 Å². The van der Waals surface area contributed by atoms with Crippen LogP contribution in [-0.2, 0) is 32.4 Å². The molecule has 6 nitrogen and oxygen atoms in total. The summed E-state index contributed by atoms with van der Waals surface area (Å²) in [6, 6.07) is 13.5. The molecule has 0 aliphatic carbocycles. The summed E-state index contributed by atoms with van der Waals surface area (Å²) >= 11 is 0. The summed E-state index contributed by atoms with van der Waals surface area (Å²) < 4.78 is 45.6. The highest BCUT2D eigenvalue weighted by Crippen LogP contribution is 2.23. The van der Waals surface area contributed by atoms with Crippen LogP contribution in [0.3, 0.4) is 0 Å². The van der Waals surface area contributed by atoms with Gasteiger partial charge in [-0.25, -0.2) is 12.8 Å². The highest BCUT2D eigenvalue weighted by Gasteiger charge is 2.29. The van der Waals surface area contributed by atoms with Crippen molar-refractivity contribution in [2.75, 3.05) is 32.8 Å². The fourth-order valence-corrected chi connectivity index (χ4v) is 5.88. The van der Waals surface area contributed by atoms with E-state index in [-0.39, 0.29) is 22.7 Å². The second kappa shape index (κ2) is 10.1. The summed E-state index contributed by atoms with van der Waals surface area (Å²) in [6.07, 6.45) is 3.48. The van der Waals surface area contributed by atoms with E-state index < -0.39 is 10.0 Å². The molecule has 0 spiro atoms. The lowest BCUT2D eigenvalue weighted by atomic mass is 10.0. The second-order valence-corrected chi connectivity index (χ2v) is 10.3. The molecule has 2 fully saturated rings. The first-order valence-electron chi connectivity index (χ1n) is 11.1. The number of carbonyl (C=O) groups is 1. The van der Waals surface area contributed by atoms with Gasteiger partial charge in [0, 0.05) is 32.1 Å². The minimum absolute atomic E-state index is 0.0916. The lowest BCUT2D eigenvalue weighted by Gasteiger charge is -2.26. The Morgan fingerprint density at radius 3 is 2.50 bits per heavy atom. The maximum Gasteiger partial charge on any atom is 0.243 e. The number of amides is 1. The molecule has 2 aromatic rings. The molecule has 2 aliphatic heterocycles. The van der Waals surface area contributed by atoms with Gasteiger partial charge in [-0.2, -0.15) is 4.31 Å². The summed E-state index contributed by atoms with van der Waals surface area (Å²) in [6.45, 7) is 2.29. The fourth-order valence-electron chi connectivity index (χ4n) is 4.47. The van der Waals surface area contributed by atoms with Gasteiger partial charge in [-0.15, -0.1) is 0 Å². The summed E-state index contributed by atoms with van der Waals surface area (Å²) in [5, 5.41) is 0. The van der Waals surface area contributed by atoms with E-state index in [1.165, 1.54) is 16.4 Å². The normalized spacial score (nSPS) is 19.9. The standard InChI is InChI=1S/C24H29FN2O4S/c25-21-4-1-3-20(17-21)18-22-5-2-12-27(22)24(28)11-8-19-6-9-23(10-7-19)32(29,30)26-13-15-31-16-14-26/h1,3-4,6-7,9-10,17,22H,2,5,8,11-16,18H2. The van der Waals surface area contributed by atoms with Crippen molar-refractivity contribution in [1.82, 2.24) is 9.21 Å². The first-order chi connectivity index (χ1) is 15.4. The Morgan fingerprint density at radius 2 is 1.78 bits per heavy atom. The maximum absolute atomic E-state index is 13.5. The van der Waals surface area contributed by atoms with Gasteiger partial charge >= 0.3 is 0 Å². The minimum Gasteiger partial charge on any atom is -0.379 e. The summed E-state index contributed by atoms with van der Waals surface area (Å²) in [5.41, 5.74) is 1.84. The third kappa shape index (κ3) is 5.36. The van der Waals surface area contributed by atoms with Gasteiger partial charge in [0.2, 0.25) is 15.9 Å². The zero-order valence-electron chi connectivity index (χ0n) is 18.1. The third-order valence-electron chi connectivity index (χ3n) is 6.22. The molecular weight excluding hydrogens is 431 g/mol. The van der Waals surface area contributed by atoms with Crippen molar-refractivity contribution in [3.05, 3.63) is 65.5 Å². The van der Waals surface area contributed by atoms with Gasteiger partial charge in [0.15, 0.2) is 0 Å². The van der Waals surface area contributed by atoms with Gasteiger partial charge in [0.25, 0.3) is 0 Å². The number of ether oxygens (including phenoxy) is 1. The van der Waals surface area contributed by atoms with Crippen LogP contribution in [0.15, 0.2) is 53.4 Å². The van der Waals surface area contributed by atoms with Crippen LogP contribution in [0.25, 0.3) is 0 Å². The molecule has 1 unspecified atom stereocenters. The summed E-state index contributed by atoms with van der Waals surface area (Å²) in [4.78, 5) is 15.0. The van der Waals surface area contributed by atoms with E-state index in [1.54, 1.807) is 30.3 Å². The van der Waals surface area contributed by atoms with Crippen LogP contribution in [0, 0.1) is 5.82 Å². The maximum atomic E-state index is 13.5. The first kappa shape index (κ1) is 22.9. The van der Waals surface area contributed by atoms with Crippen molar-refractivity contribution in [3.8, 4) is 0 Å². The number of hydrogen-bond acceptors (Lipinski definition) is 4. The van der Waals surface area contributed by atoms with E-state index in [9.17, 15) is 17.6 Å². The molecule has 0 aromatic heterocycles. The number of hydrogen-bond donors (Lipinski definition) is 0. The lowest BCUT2D eigenvalue weighted by Crippen LogP contribution is -2.40. The van der Waals surface area contributed by atoms with Crippen molar-refractivity contribution in [2.45, 2.75) is 43.0 Å². The minimum atomic E-state index is -3.51. The molecular formula is C24H29FN2O4S. The van der Waals surface area contributed by atoms with E-state index in [1.807, 2.05) is 11.0 Å². The number of rotatable bonds is 7. The molecule has 2 aromatic carbocycles. The van der Waals surface area contributed by atoms with Crippen LogP contribution in [0.2, 0.25) is 0 Å². The quantitative estimate of drug-likeness (QED) is 0.637. The number of carbonyl (C=O) groups excluding carboxylic acids is 1. The number of morpholine rings is 1. The number of aryl methyl sites for hydroxylation is 1. The average Bonchev–Trinajstić information content (AvgIpc) is 3.26. The summed E-state index contributed by atoms with van der Waals surface area (Å²) in [7, 11) is -3.51. The Kier molecular flexibility index (Phi) is 7.23. The SMILES string of the molecule is O=C(CCc1ccc(S(=O)(=O)N2CCOCC2)cc1)N1CCCC1Cc1cccc(F)c1. The zero-order chi connectivity index (χ0) is 22.6. The van der Waals surface area contributed by atoms with Gasteiger partial charge < -0.3 is 9.64 Å². The highest BCUT2D eigenvalue weighted by atomic mass is 32.2. The summed E-state index contributed by atoms with van der Waals surface area (Å²) in [5.74, 6) is -0.161. The van der Waals surface area contributed by atoms with Crippen molar-refractivity contribution >= 4 is 15.9 Å². The van der Waals surface area contributed by atoms with Crippen molar-refractivity contribution in [2.24, 2.45) is 0 Å². The molecule has 1 atom stereocenters. The number of likely N-dealkylation sites (tertiary alicyclic amines) is 1. The number of sulfonamides is 1. The molecule has 32 heavy (non-hydrogen) atoms. The zero-order valence-corrected chi connectivity index (χ0v) is 18.9. The smallest absolute Gasteiger partial charge is 0.243 e. The van der Waals surface area contributed by atoms with Crippen molar-refractivity contribution in [3.63, 3.8) is 0 Å². The molecule has 2 heterocycles. The Hall–Kier alpha value is -2.29. The second-order valence-electron chi connectivity index (χ2n) is 8.38. The van der Waals surface area contributed by atoms with Gasteiger partial charge in [-0.1, -0.05) is 24.3 Å². The van der Waals surface area contributed by atoms with Crippen molar-refractivity contribution in [1.29, 1.82) is 0 Å². The van der Waals surface area contributed by atoms with Crippen LogP contribution >= 0.6 is 0 Å². The average molecular weight is 461 g/mol. The van der Waals surface area contributed by atoms with E-state index in [0.717, 1.165) is 30.5 Å². The molecule has 1 amide bonds. The Balaban J connectivity index is 1.33. The molecule has 0 saturated carbocycles. The predicted molar refractivity (Wildman–Crippen MR) is 119 cm³/mol. The number of halogens is 1. The van der Waals surface area contributed by atoms with E-state index in [2.05, 4.69) is 0 Å². The van der Waals surface area contributed by atoms with Gasteiger partial charge in [-0.05, 0) is 61.1 Å². The topological polar surface area (TPSA) is 66.9 Å². The van der Waals surface area contributed by atoms with Crippen LogP contribution in [0.5, 0.6) is 0 Å².